The Morgan fingerprint density at radius 3 is 2.32 bits per heavy atom. The number of hydrogen-bond acceptors (Lipinski definition) is 13. The van der Waals surface area contributed by atoms with Gasteiger partial charge in [-0.25, -0.2) is 0 Å². The molecule has 2 fully saturated rings. The second-order valence-electron chi connectivity index (χ2n) is 19.4. The number of fused-ring (bicyclic) bond motifs is 3. The molecule has 0 aromatic heterocycles. The van der Waals surface area contributed by atoms with Crippen LogP contribution in [-0.2, 0) is 27.5 Å². The molecular formula is C58H63N5O11. The summed E-state index contributed by atoms with van der Waals surface area (Å²) in [4.78, 5) is 48.0. The molecule has 2 aliphatic carbocycles. The van der Waals surface area contributed by atoms with E-state index in [4.69, 9.17) is 24.2 Å². The van der Waals surface area contributed by atoms with Gasteiger partial charge >= 0.3 is 0 Å². The van der Waals surface area contributed by atoms with Crippen molar-refractivity contribution in [3.05, 3.63) is 182 Å². The Morgan fingerprint density at radius 2 is 1.61 bits per heavy atom. The van der Waals surface area contributed by atoms with Gasteiger partial charge in [0, 0.05) is 87.6 Å². The number of hydrogen-bond donors (Lipinski definition) is 2. The van der Waals surface area contributed by atoms with Gasteiger partial charge in [0.1, 0.15) is 30.8 Å². The number of ether oxygens (including phenoxy) is 3. The minimum Gasteiger partial charge on any atom is -0.492 e. The maximum atomic E-state index is 15.5. The smallest absolute Gasteiger partial charge is 0.269 e. The van der Waals surface area contributed by atoms with Crippen molar-refractivity contribution in [3.8, 4) is 11.5 Å². The number of oxime groups is 1. The van der Waals surface area contributed by atoms with Gasteiger partial charge in [-0.1, -0.05) is 72.6 Å². The highest BCUT2D eigenvalue weighted by Crippen LogP contribution is 2.62. The molecule has 1 saturated carbocycles. The number of non-ortho nitro benzene ring substituents is 2. The van der Waals surface area contributed by atoms with Crippen molar-refractivity contribution < 1.29 is 43.9 Å². The van der Waals surface area contributed by atoms with Crippen LogP contribution >= 0.6 is 0 Å². The molecule has 6 atom stereocenters. The Labute approximate surface area is 430 Å². The number of benzene rings is 5. The van der Waals surface area contributed by atoms with Gasteiger partial charge in [0.05, 0.1) is 28.1 Å². The Kier molecular flexibility index (Phi) is 16.6. The predicted octanol–water partition coefficient (Wildman–Crippen LogP) is 9.93. The van der Waals surface area contributed by atoms with E-state index in [9.17, 15) is 30.4 Å². The largest absolute Gasteiger partial charge is 0.492 e. The van der Waals surface area contributed by atoms with E-state index in [1.165, 1.54) is 30.3 Å². The Morgan fingerprint density at radius 1 is 0.892 bits per heavy atom. The summed E-state index contributed by atoms with van der Waals surface area (Å²) in [7, 11) is 0. The fourth-order valence-corrected chi connectivity index (χ4v) is 11.1. The first-order chi connectivity index (χ1) is 36.1. The molecule has 0 bridgehead atoms. The zero-order valence-corrected chi connectivity index (χ0v) is 41.4. The zero-order chi connectivity index (χ0) is 51.6. The Balaban J connectivity index is 1.24. The molecule has 386 valence electrons. The van der Waals surface area contributed by atoms with Crippen molar-refractivity contribution in [1.82, 2.24) is 9.80 Å². The van der Waals surface area contributed by atoms with Gasteiger partial charge in [0.25, 0.3) is 11.4 Å². The minimum absolute atomic E-state index is 0.00341. The van der Waals surface area contributed by atoms with Crippen LogP contribution in [0.5, 0.6) is 11.5 Å². The molecule has 16 heteroatoms. The number of rotatable bonds is 25. The monoisotopic (exact) mass is 1010 g/mol. The summed E-state index contributed by atoms with van der Waals surface area (Å²) in [6.07, 6.45) is 11.4. The number of allylic oxidation sites excluding steroid dienone is 1. The first kappa shape index (κ1) is 51.7. The van der Waals surface area contributed by atoms with E-state index in [1.54, 1.807) is 41.3 Å². The highest BCUT2D eigenvalue weighted by molar-refractivity contribution is 6.03. The third kappa shape index (κ3) is 11.6. The van der Waals surface area contributed by atoms with Crippen molar-refractivity contribution in [2.24, 2.45) is 22.9 Å². The Hall–Kier alpha value is -7.24. The molecule has 5 aromatic rings. The summed E-state index contributed by atoms with van der Waals surface area (Å²) in [5.74, 6) is -1.59. The van der Waals surface area contributed by atoms with Crippen LogP contribution in [0.2, 0.25) is 0 Å². The lowest BCUT2D eigenvalue weighted by Crippen LogP contribution is -2.70. The number of nitro groups is 2. The molecule has 4 aliphatic rings. The number of amides is 1. The summed E-state index contributed by atoms with van der Waals surface area (Å²) in [6, 6.07) is 31.2. The van der Waals surface area contributed by atoms with E-state index in [0.29, 0.717) is 47.8 Å². The minimum atomic E-state index is -1.57. The summed E-state index contributed by atoms with van der Waals surface area (Å²) < 4.78 is 21.2. The molecule has 5 aromatic carbocycles. The molecular weight excluding hydrogens is 943 g/mol. The summed E-state index contributed by atoms with van der Waals surface area (Å²) in [5.41, 5.74) is 4.38. The number of carbonyl (C=O) groups excluding carboxylic acids is 1. The molecule has 16 nitrogen and oxygen atoms in total. The van der Waals surface area contributed by atoms with Gasteiger partial charge in [-0.3, -0.25) is 29.9 Å². The van der Waals surface area contributed by atoms with Gasteiger partial charge in [-0.2, -0.15) is 0 Å². The zero-order valence-electron chi connectivity index (χ0n) is 41.4. The third-order valence-electron chi connectivity index (χ3n) is 14.8. The quantitative estimate of drug-likeness (QED) is 0.0140. The van der Waals surface area contributed by atoms with Crippen LogP contribution in [-0.4, -0.2) is 99.4 Å². The van der Waals surface area contributed by atoms with E-state index >= 15 is 4.79 Å². The lowest BCUT2D eigenvalue weighted by Gasteiger charge is -2.60. The maximum Gasteiger partial charge on any atom is 0.269 e. The fraction of sp³-hybridized carbons (Fsp3) is 0.379. The van der Waals surface area contributed by atoms with Crippen molar-refractivity contribution in [2.75, 3.05) is 46.1 Å². The van der Waals surface area contributed by atoms with Crippen molar-refractivity contribution in [3.63, 3.8) is 0 Å². The molecule has 0 spiro atoms. The molecule has 2 heterocycles. The van der Waals surface area contributed by atoms with E-state index in [1.807, 2.05) is 54.6 Å². The van der Waals surface area contributed by atoms with Gasteiger partial charge in [0.2, 0.25) is 11.7 Å². The van der Waals surface area contributed by atoms with E-state index in [-0.39, 0.29) is 74.4 Å². The molecule has 1 saturated heterocycles. The molecule has 1 amide bonds. The molecule has 2 N–H and O–H groups in total. The average Bonchev–Trinajstić information content (AvgIpc) is 4.27. The van der Waals surface area contributed by atoms with Gasteiger partial charge < -0.3 is 34.2 Å². The first-order valence-corrected chi connectivity index (χ1v) is 25.6. The van der Waals surface area contributed by atoms with E-state index < -0.39 is 27.6 Å². The maximum absolute atomic E-state index is 15.5. The average molecular weight is 1010 g/mol. The topological polar surface area (TPSA) is 199 Å². The standard InChI is InChI=1S/C58H63N5O11/c1-2-33-72-58-54(61(38-44-13-9-12-42-10-3-4-14-48(42)44)55(66)27-20-40-16-21-45(22-17-40)62(67)68)37-52(59-73-39-41-18-23-46(24-19-41)63(69)70)50-35-43(11-5-7-31-64)49(15-6-8-32-65)56(57(50)58)51-36-47(25-26-53(51)74-58)71-34-30-60-28-29-60/h2-4,9-10,12-14,16-27,35-36,43,49,54,56-57,64-65H,1,5-8,11,15,28-34,37-39H2. The summed E-state index contributed by atoms with van der Waals surface area (Å²) in [6.45, 7) is 7.79. The van der Waals surface area contributed by atoms with Crippen LogP contribution in [0, 0.1) is 38.0 Å². The van der Waals surface area contributed by atoms with Crippen molar-refractivity contribution in [2.45, 2.75) is 75.8 Å². The highest BCUT2D eigenvalue weighted by Gasteiger charge is 2.65. The molecule has 9 rings (SSSR count). The molecule has 2 aliphatic heterocycles. The van der Waals surface area contributed by atoms with E-state index in [0.717, 1.165) is 72.8 Å². The predicted molar refractivity (Wildman–Crippen MR) is 281 cm³/mol. The highest BCUT2D eigenvalue weighted by atomic mass is 16.7. The van der Waals surface area contributed by atoms with Crippen LogP contribution in [0.1, 0.15) is 73.1 Å². The van der Waals surface area contributed by atoms with Gasteiger partial charge in [-0.05, 0) is 119 Å². The SMILES string of the molecule is C=CCOC12Oc3ccc(OCCN4CC4)cc3C3C(CCCCO)C(CCCCO)C=C(C(=NOCc4ccc([N+](=O)[O-])cc4)CC1N(Cc1cccc4ccccc14)C(=O)C=Cc1ccc([N+](=O)[O-])cc1)C32. The molecule has 0 radical (unpaired) electrons. The van der Waals surface area contributed by atoms with Crippen LogP contribution in [0.4, 0.5) is 11.4 Å². The van der Waals surface area contributed by atoms with E-state index in [2.05, 4.69) is 23.6 Å². The summed E-state index contributed by atoms with van der Waals surface area (Å²) in [5, 5.41) is 50.1. The second-order valence-corrected chi connectivity index (χ2v) is 19.4. The number of nitrogens with zero attached hydrogens (tertiary/aromatic N) is 5. The lowest BCUT2D eigenvalue weighted by atomic mass is 9.55. The lowest BCUT2D eigenvalue weighted by molar-refractivity contribution is -0.385. The fourth-order valence-electron chi connectivity index (χ4n) is 11.1. The second kappa shape index (κ2) is 23.7. The van der Waals surface area contributed by atoms with Crippen molar-refractivity contribution in [1.29, 1.82) is 0 Å². The number of carbonyl (C=O) groups is 1. The van der Waals surface area contributed by atoms with Crippen LogP contribution in [0.3, 0.4) is 0 Å². The van der Waals surface area contributed by atoms with Crippen LogP contribution in [0.15, 0.2) is 145 Å². The number of nitro benzene ring substituents is 2. The number of aliphatic hydroxyl groups excluding tert-OH is 2. The molecule has 6 unspecified atom stereocenters. The van der Waals surface area contributed by atoms with Gasteiger partial charge in [-0.15, -0.1) is 6.58 Å². The first-order valence-electron chi connectivity index (χ1n) is 25.6. The third-order valence-corrected chi connectivity index (χ3v) is 14.8. The Bertz CT molecular complexity index is 2900. The molecule has 74 heavy (non-hydrogen) atoms. The van der Waals surface area contributed by atoms with Crippen molar-refractivity contribution >= 4 is 39.8 Å². The summed E-state index contributed by atoms with van der Waals surface area (Å²) >= 11 is 0. The number of unbranched alkanes of at least 4 members (excludes halogenated alkanes) is 2. The van der Waals surface area contributed by atoms with Gasteiger partial charge in [0.15, 0.2) is 0 Å². The van der Waals surface area contributed by atoms with Crippen LogP contribution in [0.25, 0.3) is 16.8 Å². The number of aliphatic hydroxyl groups is 2. The van der Waals surface area contributed by atoms with Crippen LogP contribution < -0.4 is 9.47 Å². The normalized spacial score (nSPS) is 22.3.